The van der Waals surface area contributed by atoms with E-state index < -0.39 is 30.0 Å². The number of rotatable bonds is 5. The fraction of sp³-hybridized carbons (Fsp3) is 0.273. The van der Waals surface area contributed by atoms with E-state index >= 15 is 0 Å². The predicted molar refractivity (Wildman–Crippen MR) is 54.4 cm³/mol. The molecule has 1 rings (SSSR count). The van der Waals surface area contributed by atoms with Crippen LogP contribution in [-0.4, -0.2) is 31.4 Å². The number of ether oxygens (including phenoxy) is 2. The van der Waals surface area contributed by atoms with Crippen molar-refractivity contribution in [2.75, 3.05) is 7.11 Å². The molecule has 0 unspecified atom stereocenters. The number of hydrogen-bond donors (Lipinski definition) is 0. The lowest BCUT2D eigenvalue weighted by Crippen LogP contribution is -2.33. The first-order valence-electron chi connectivity index (χ1n) is 4.85. The average molecular weight is 280 g/mol. The summed E-state index contributed by atoms with van der Waals surface area (Å²) in [5.74, 6) is -2.69. The molecular weight excluding hydrogens is 272 g/mol. The highest BCUT2D eigenvalue weighted by molar-refractivity contribution is 6.40. The molecule has 0 atom stereocenters. The van der Waals surface area contributed by atoms with Gasteiger partial charge in [0.05, 0.1) is 7.11 Å². The molecule has 104 valence electrons. The Labute approximate surface area is 104 Å². The molecule has 0 N–H and O–H groups in total. The van der Waals surface area contributed by atoms with Gasteiger partial charge in [0, 0.05) is 5.56 Å². The number of ketones is 1. The summed E-state index contributed by atoms with van der Waals surface area (Å²) in [7, 11) is 1.00. The fourth-order valence-electron chi connectivity index (χ4n) is 1.09. The first kappa shape index (κ1) is 14.9. The van der Waals surface area contributed by atoms with Crippen molar-refractivity contribution in [3.63, 3.8) is 0 Å². The zero-order valence-corrected chi connectivity index (χ0v) is 9.53. The predicted octanol–water partition coefficient (Wildman–Crippen LogP) is 2.28. The third-order valence-electron chi connectivity index (χ3n) is 2.00. The van der Waals surface area contributed by atoms with Crippen LogP contribution in [0.15, 0.2) is 24.3 Å². The highest BCUT2D eigenvalue weighted by atomic mass is 19.3. The SMILES string of the molecule is COC(=O)C(=O)c1ccc(OC(F)(F)C(F)F)cc1. The van der Waals surface area contributed by atoms with Crippen LogP contribution in [0.4, 0.5) is 17.6 Å². The summed E-state index contributed by atoms with van der Waals surface area (Å²) in [5.41, 5.74) is -0.139. The topological polar surface area (TPSA) is 52.6 Å². The van der Waals surface area contributed by atoms with Gasteiger partial charge < -0.3 is 9.47 Å². The third kappa shape index (κ3) is 3.67. The normalized spacial score (nSPS) is 11.3. The van der Waals surface area contributed by atoms with Crippen LogP contribution in [0.25, 0.3) is 0 Å². The number of esters is 1. The van der Waals surface area contributed by atoms with Gasteiger partial charge in [0.25, 0.3) is 5.78 Å². The van der Waals surface area contributed by atoms with Crippen molar-refractivity contribution in [3.05, 3.63) is 29.8 Å². The smallest absolute Gasteiger partial charge is 0.461 e. The number of alkyl halides is 4. The van der Waals surface area contributed by atoms with E-state index in [1.807, 2.05) is 0 Å². The van der Waals surface area contributed by atoms with Gasteiger partial charge in [-0.15, -0.1) is 0 Å². The summed E-state index contributed by atoms with van der Waals surface area (Å²) < 4.78 is 56.8. The van der Waals surface area contributed by atoms with Crippen molar-refractivity contribution in [2.45, 2.75) is 12.5 Å². The quantitative estimate of drug-likeness (QED) is 0.359. The van der Waals surface area contributed by atoms with Crippen LogP contribution >= 0.6 is 0 Å². The highest BCUT2D eigenvalue weighted by Gasteiger charge is 2.43. The molecule has 0 fully saturated rings. The van der Waals surface area contributed by atoms with Crippen molar-refractivity contribution in [2.24, 2.45) is 0 Å². The number of Topliss-reactive ketones (excluding diaryl/α,β-unsaturated/α-hetero) is 1. The van der Waals surface area contributed by atoms with Crippen molar-refractivity contribution in [3.8, 4) is 5.75 Å². The number of methoxy groups -OCH3 is 1. The molecule has 4 nitrogen and oxygen atoms in total. The zero-order valence-electron chi connectivity index (χ0n) is 9.53. The van der Waals surface area contributed by atoms with Crippen LogP contribution < -0.4 is 4.74 Å². The van der Waals surface area contributed by atoms with E-state index in [0.29, 0.717) is 0 Å². The molecule has 0 bridgehead atoms. The van der Waals surface area contributed by atoms with Gasteiger partial charge in [-0.05, 0) is 24.3 Å². The maximum Gasteiger partial charge on any atom is 0.461 e. The minimum Gasteiger partial charge on any atom is -0.463 e. The van der Waals surface area contributed by atoms with Crippen LogP contribution in [0.2, 0.25) is 0 Å². The summed E-state index contributed by atoms with van der Waals surface area (Å²) in [6.45, 7) is 0. The Morgan fingerprint density at radius 1 is 1.16 bits per heavy atom. The van der Waals surface area contributed by atoms with Crippen molar-refractivity contribution in [1.82, 2.24) is 0 Å². The van der Waals surface area contributed by atoms with Gasteiger partial charge in [0.2, 0.25) is 0 Å². The third-order valence-corrected chi connectivity index (χ3v) is 2.00. The lowest BCUT2D eigenvalue weighted by Gasteiger charge is -2.16. The maximum atomic E-state index is 12.6. The molecule has 0 aromatic heterocycles. The molecule has 0 amide bonds. The summed E-state index contributed by atoms with van der Waals surface area (Å²) >= 11 is 0. The van der Waals surface area contributed by atoms with E-state index in [4.69, 9.17) is 0 Å². The van der Waals surface area contributed by atoms with Gasteiger partial charge >= 0.3 is 18.5 Å². The second-order valence-corrected chi connectivity index (χ2v) is 3.31. The molecule has 0 saturated carbocycles. The van der Waals surface area contributed by atoms with E-state index in [0.717, 1.165) is 31.4 Å². The molecule has 1 aromatic rings. The minimum atomic E-state index is -4.63. The second kappa shape index (κ2) is 5.68. The Morgan fingerprint density at radius 2 is 1.68 bits per heavy atom. The van der Waals surface area contributed by atoms with E-state index in [2.05, 4.69) is 9.47 Å². The molecule has 0 saturated heterocycles. The van der Waals surface area contributed by atoms with Crippen LogP contribution in [-0.2, 0) is 9.53 Å². The lowest BCUT2D eigenvalue weighted by molar-refractivity contribution is -0.253. The average Bonchev–Trinajstić information content (AvgIpc) is 2.37. The van der Waals surface area contributed by atoms with Crippen LogP contribution in [0, 0.1) is 0 Å². The van der Waals surface area contributed by atoms with Crippen LogP contribution in [0.5, 0.6) is 5.75 Å². The maximum absolute atomic E-state index is 12.6. The van der Waals surface area contributed by atoms with Crippen molar-refractivity contribution in [1.29, 1.82) is 0 Å². The lowest BCUT2D eigenvalue weighted by atomic mass is 10.1. The molecule has 1 aromatic carbocycles. The van der Waals surface area contributed by atoms with Crippen molar-refractivity contribution >= 4 is 11.8 Å². The molecule has 0 aliphatic heterocycles. The van der Waals surface area contributed by atoms with E-state index in [9.17, 15) is 27.2 Å². The Kier molecular flexibility index (Phi) is 4.47. The first-order valence-corrected chi connectivity index (χ1v) is 4.85. The summed E-state index contributed by atoms with van der Waals surface area (Å²) in [5, 5.41) is 0. The largest absolute Gasteiger partial charge is 0.463 e. The standard InChI is InChI=1S/C11H8F4O4/c1-18-9(17)8(16)6-2-4-7(5-3-6)19-11(14,15)10(12)13/h2-5,10H,1H3. The zero-order chi connectivity index (χ0) is 14.6. The van der Waals surface area contributed by atoms with Crippen LogP contribution in [0.3, 0.4) is 0 Å². The molecule has 0 aliphatic carbocycles. The van der Waals surface area contributed by atoms with Gasteiger partial charge in [-0.1, -0.05) is 0 Å². The number of halogens is 4. The molecule has 0 spiro atoms. The molecular formula is C11H8F4O4. The first-order chi connectivity index (χ1) is 8.77. The monoisotopic (exact) mass is 280 g/mol. The molecule has 0 radical (unpaired) electrons. The number of benzene rings is 1. The Balaban J connectivity index is 2.83. The fourth-order valence-corrected chi connectivity index (χ4v) is 1.09. The van der Waals surface area contributed by atoms with Gasteiger partial charge in [-0.3, -0.25) is 4.79 Å². The summed E-state index contributed by atoms with van der Waals surface area (Å²) in [6, 6.07) is 3.70. The van der Waals surface area contributed by atoms with Crippen LogP contribution in [0.1, 0.15) is 10.4 Å². The number of carbonyl (C=O) groups is 2. The molecule has 0 heterocycles. The summed E-state index contributed by atoms with van der Waals surface area (Å²) in [4.78, 5) is 22.2. The van der Waals surface area contributed by atoms with Gasteiger partial charge in [0.1, 0.15) is 5.75 Å². The van der Waals surface area contributed by atoms with Gasteiger partial charge in [-0.25, -0.2) is 4.79 Å². The van der Waals surface area contributed by atoms with E-state index in [-0.39, 0.29) is 5.56 Å². The highest BCUT2D eigenvalue weighted by Crippen LogP contribution is 2.27. The summed E-state index contributed by atoms with van der Waals surface area (Å²) in [6.07, 6.45) is -8.61. The van der Waals surface area contributed by atoms with Crippen molar-refractivity contribution < 1.29 is 36.6 Å². The molecule has 0 aliphatic rings. The van der Waals surface area contributed by atoms with Gasteiger partial charge in [-0.2, -0.15) is 17.6 Å². The minimum absolute atomic E-state index is 0.139. The number of carbonyl (C=O) groups excluding carboxylic acids is 2. The molecule has 19 heavy (non-hydrogen) atoms. The van der Waals surface area contributed by atoms with Gasteiger partial charge in [0.15, 0.2) is 0 Å². The Hall–Kier alpha value is -2.12. The Morgan fingerprint density at radius 3 is 2.11 bits per heavy atom. The molecule has 8 heteroatoms. The Bertz CT molecular complexity index is 470. The van der Waals surface area contributed by atoms with E-state index in [1.165, 1.54) is 0 Å². The number of hydrogen-bond acceptors (Lipinski definition) is 4. The van der Waals surface area contributed by atoms with E-state index in [1.54, 1.807) is 0 Å². The second-order valence-electron chi connectivity index (χ2n) is 3.31.